The van der Waals surface area contributed by atoms with Crippen molar-refractivity contribution in [1.82, 2.24) is 10.6 Å². The van der Waals surface area contributed by atoms with Crippen LogP contribution in [0.15, 0.2) is 24.3 Å². The number of nitrogens with one attached hydrogen (secondary N) is 2. The third-order valence-electron chi connectivity index (χ3n) is 2.99. The number of amides is 1. The van der Waals surface area contributed by atoms with Gasteiger partial charge in [0.2, 0.25) is 5.91 Å². The lowest BCUT2D eigenvalue weighted by atomic mass is 9.96. The predicted molar refractivity (Wildman–Crippen MR) is 89.2 cm³/mol. The maximum absolute atomic E-state index is 11.9. The van der Waals surface area contributed by atoms with Crippen molar-refractivity contribution in [3.63, 3.8) is 0 Å². The Labute approximate surface area is 138 Å². The number of methoxy groups -OCH3 is 1. The molecule has 0 spiro atoms. The zero-order chi connectivity index (χ0) is 15.0. The maximum Gasteiger partial charge on any atom is 0.234 e. The molecule has 1 aromatic rings. The molecule has 6 heteroatoms. The van der Waals surface area contributed by atoms with Crippen molar-refractivity contribution >= 4 is 29.9 Å². The van der Waals surface area contributed by atoms with Gasteiger partial charge < -0.3 is 15.4 Å². The molecule has 0 saturated heterocycles. The van der Waals surface area contributed by atoms with Gasteiger partial charge in [-0.1, -0.05) is 43.6 Å². The van der Waals surface area contributed by atoms with Crippen LogP contribution in [0, 0.1) is 5.92 Å². The number of hydrogen-bond acceptors (Lipinski definition) is 3. The van der Waals surface area contributed by atoms with Crippen LogP contribution in [0.5, 0.6) is 0 Å². The van der Waals surface area contributed by atoms with E-state index in [1.807, 2.05) is 24.3 Å². The molecule has 0 heterocycles. The van der Waals surface area contributed by atoms with Crippen molar-refractivity contribution in [1.29, 1.82) is 0 Å². The first-order valence-corrected chi connectivity index (χ1v) is 7.17. The largest absolute Gasteiger partial charge is 0.383 e. The van der Waals surface area contributed by atoms with Crippen molar-refractivity contribution in [2.45, 2.75) is 19.9 Å². The summed E-state index contributed by atoms with van der Waals surface area (Å²) in [5, 5.41) is 6.73. The Hall–Kier alpha value is -0.810. The van der Waals surface area contributed by atoms with Gasteiger partial charge in [0.25, 0.3) is 0 Å². The van der Waals surface area contributed by atoms with Crippen LogP contribution in [0.25, 0.3) is 0 Å². The monoisotopic (exact) mass is 334 g/mol. The first-order valence-electron chi connectivity index (χ1n) is 6.79. The molecule has 1 atom stereocenters. The molecule has 0 saturated carbocycles. The first-order chi connectivity index (χ1) is 9.56. The van der Waals surface area contributed by atoms with Crippen LogP contribution < -0.4 is 10.6 Å². The normalized spacial score (nSPS) is 11.9. The molecular formula is C15H24Cl2N2O2. The number of carbonyl (C=O) groups is 1. The number of benzene rings is 1. The van der Waals surface area contributed by atoms with E-state index in [1.54, 1.807) is 7.11 Å². The highest BCUT2D eigenvalue weighted by Crippen LogP contribution is 2.27. The average Bonchev–Trinajstić information content (AvgIpc) is 2.42. The van der Waals surface area contributed by atoms with E-state index in [4.69, 9.17) is 16.3 Å². The highest BCUT2D eigenvalue weighted by Gasteiger charge is 2.20. The molecule has 0 aromatic heterocycles. The molecule has 120 valence electrons. The molecule has 4 nitrogen and oxygen atoms in total. The van der Waals surface area contributed by atoms with E-state index in [0.717, 1.165) is 5.56 Å². The Morgan fingerprint density at radius 2 is 2.00 bits per heavy atom. The number of halogens is 2. The molecule has 1 unspecified atom stereocenters. The number of carbonyl (C=O) groups excluding carboxylic acids is 1. The summed E-state index contributed by atoms with van der Waals surface area (Å²) in [5.41, 5.74) is 0.953. The lowest BCUT2D eigenvalue weighted by Crippen LogP contribution is -2.39. The fraction of sp³-hybridized carbons (Fsp3) is 0.533. The highest BCUT2D eigenvalue weighted by atomic mass is 35.5. The smallest absolute Gasteiger partial charge is 0.234 e. The summed E-state index contributed by atoms with van der Waals surface area (Å²) in [6.45, 7) is 5.64. The van der Waals surface area contributed by atoms with Gasteiger partial charge in [0.1, 0.15) is 0 Å². The molecule has 0 fully saturated rings. The van der Waals surface area contributed by atoms with Gasteiger partial charge in [0.15, 0.2) is 0 Å². The molecule has 2 N–H and O–H groups in total. The molecule has 0 aliphatic heterocycles. The van der Waals surface area contributed by atoms with E-state index in [-0.39, 0.29) is 36.8 Å². The number of rotatable bonds is 8. The zero-order valence-electron chi connectivity index (χ0n) is 12.7. The molecule has 0 aliphatic carbocycles. The van der Waals surface area contributed by atoms with Crippen LogP contribution in [0.4, 0.5) is 0 Å². The van der Waals surface area contributed by atoms with Crippen molar-refractivity contribution in [2.24, 2.45) is 5.92 Å². The van der Waals surface area contributed by atoms with Crippen LogP contribution in [0.3, 0.4) is 0 Å². The Morgan fingerprint density at radius 3 is 2.57 bits per heavy atom. The minimum atomic E-state index is -0.0829. The van der Waals surface area contributed by atoms with Gasteiger partial charge >= 0.3 is 0 Å². The molecule has 1 amide bonds. The second-order valence-corrected chi connectivity index (χ2v) is 5.39. The lowest BCUT2D eigenvalue weighted by Gasteiger charge is -2.24. The summed E-state index contributed by atoms with van der Waals surface area (Å²) < 4.78 is 4.92. The van der Waals surface area contributed by atoms with E-state index in [1.165, 1.54) is 0 Å². The van der Waals surface area contributed by atoms with Gasteiger partial charge in [-0.2, -0.15) is 0 Å². The molecule has 0 aliphatic rings. The zero-order valence-corrected chi connectivity index (χ0v) is 14.3. The van der Waals surface area contributed by atoms with Crippen molar-refractivity contribution in [2.75, 3.05) is 26.8 Å². The van der Waals surface area contributed by atoms with Gasteiger partial charge in [0, 0.05) is 18.7 Å². The van der Waals surface area contributed by atoms with Crippen LogP contribution in [-0.2, 0) is 9.53 Å². The van der Waals surface area contributed by atoms with Gasteiger partial charge in [-0.3, -0.25) is 4.79 Å². The van der Waals surface area contributed by atoms with Crippen molar-refractivity contribution in [3.8, 4) is 0 Å². The van der Waals surface area contributed by atoms with E-state index < -0.39 is 0 Å². The quantitative estimate of drug-likeness (QED) is 0.719. The summed E-state index contributed by atoms with van der Waals surface area (Å²) in [5.74, 6) is 0.220. The fourth-order valence-corrected chi connectivity index (χ4v) is 2.18. The van der Waals surface area contributed by atoms with E-state index in [2.05, 4.69) is 24.5 Å². The number of hydrogen-bond donors (Lipinski definition) is 2. The van der Waals surface area contributed by atoms with Crippen LogP contribution in [-0.4, -0.2) is 32.7 Å². The van der Waals surface area contributed by atoms with Crippen LogP contribution >= 0.6 is 24.0 Å². The lowest BCUT2D eigenvalue weighted by molar-refractivity contribution is -0.121. The summed E-state index contributed by atoms with van der Waals surface area (Å²) >= 11 is 6.21. The standard InChI is InChI=1S/C15H23ClN2O2.ClH/c1-11(2)15(12-6-4-5-7-13(12)16)18-14(19)10-17-8-9-20-3;/h4-7,11,15,17H,8-10H2,1-3H3,(H,18,19);1H. The van der Waals surface area contributed by atoms with Crippen molar-refractivity contribution in [3.05, 3.63) is 34.9 Å². The Balaban J connectivity index is 0.00000400. The van der Waals surface area contributed by atoms with Gasteiger partial charge in [-0.15, -0.1) is 12.4 Å². The molecular weight excluding hydrogens is 311 g/mol. The van der Waals surface area contributed by atoms with Gasteiger partial charge in [0.05, 0.1) is 19.2 Å². The van der Waals surface area contributed by atoms with E-state index in [9.17, 15) is 4.79 Å². The van der Waals surface area contributed by atoms with E-state index >= 15 is 0 Å². The predicted octanol–water partition coefficient (Wildman–Crippen LogP) is 2.81. The van der Waals surface area contributed by atoms with Crippen LogP contribution in [0.2, 0.25) is 5.02 Å². The maximum atomic E-state index is 11.9. The molecule has 1 aromatic carbocycles. The minimum absolute atomic E-state index is 0. The van der Waals surface area contributed by atoms with E-state index in [0.29, 0.717) is 18.2 Å². The molecule has 21 heavy (non-hydrogen) atoms. The number of ether oxygens (including phenoxy) is 1. The first kappa shape index (κ1) is 20.2. The molecule has 0 radical (unpaired) electrons. The average molecular weight is 335 g/mol. The molecule has 1 rings (SSSR count). The topological polar surface area (TPSA) is 50.4 Å². The summed E-state index contributed by atoms with van der Waals surface area (Å²) in [7, 11) is 1.63. The SMILES string of the molecule is COCCNCC(=O)NC(c1ccccc1Cl)C(C)C.Cl. The minimum Gasteiger partial charge on any atom is -0.383 e. The summed E-state index contributed by atoms with van der Waals surface area (Å²) in [6, 6.07) is 7.53. The third-order valence-corrected chi connectivity index (χ3v) is 3.34. The summed E-state index contributed by atoms with van der Waals surface area (Å²) in [6.07, 6.45) is 0. The van der Waals surface area contributed by atoms with Gasteiger partial charge in [-0.05, 0) is 17.5 Å². The second-order valence-electron chi connectivity index (χ2n) is 4.98. The molecule has 0 bridgehead atoms. The van der Waals surface area contributed by atoms with Crippen LogP contribution in [0.1, 0.15) is 25.5 Å². The fourth-order valence-electron chi connectivity index (χ4n) is 1.93. The summed E-state index contributed by atoms with van der Waals surface area (Å²) in [4.78, 5) is 11.9. The third kappa shape index (κ3) is 7.14. The Morgan fingerprint density at radius 1 is 1.33 bits per heavy atom. The Bertz CT molecular complexity index is 428. The second kappa shape index (κ2) is 10.9. The Kier molecular flexibility index (Phi) is 10.4. The highest BCUT2D eigenvalue weighted by molar-refractivity contribution is 6.31. The van der Waals surface area contributed by atoms with Crippen molar-refractivity contribution < 1.29 is 9.53 Å². The van der Waals surface area contributed by atoms with Gasteiger partial charge in [-0.25, -0.2) is 0 Å².